The molecule has 0 radical (unpaired) electrons. The lowest BCUT2D eigenvalue weighted by Gasteiger charge is -2.52. The number of piperidine rings is 1. The number of hydrogen-bond donors (Lipinski definition) is 0. The van der Waals surface area contributed by atoms with Gasteiger partial charge in [-0.2, -0.15) is 0 Å². The number of aromatic nitrogens is 2. The molecule has 5 rings (SSSR count). The molecule has 1 amide bonds. The monoisotopic (exact) mass is 465 g/mol. The minimum Gasteiger partial charge on any atom is -0.338 e. The summed E-state index contributed by atoms with van der Waals surface area (Å²) < 4.78 is 13.9. The molecule has 0 spiro atoms. The molecule has 1 aromatic carbocycles. The molecule has 2 unspecified atom stereocenters. The number of aryl methyl sites for hydroxylation is 3. The number of benzene rings is 1. The summed E-state index contributed by atoms with van der Waals surface area (Å²) >= 11 is 0. The fraction of sp³-hybridized carbons (Fsp3) is 0.593. The van der Waals surface area contributed by atoms with Crippen molar-refractivity contribution in [3.05, 3.63) is 58.4 Å². The average Bonchev–Trinajstić information content (AvgIpc) is 3.22. The number of carbonyl (C=O) groups excluding carboxylic acids is 1. The number of amides is 1. The van der Waals surface area contributed by atoms with E-state index in [1.165, 1.54) is 17.5 Å². The predicted molar refractivity (Wildman–Crippen MR) is 130 cm³/mol. The minimum atomic E-state index is -0.127. The van der Waals surface area contributed by atoms with Crippen molar-refractivity contribution in [1.29, 1.82) is 0 Å². The van der Waals surface area contributed by atoms with Gasteiger partial charge in [0.1, 0.15) is 12.1 Å². The van der Waals surface area contributed by atoms with Gasteiger partial charge >= 0.3 is 0 Å². The van der Waals surface area contributed by atoms with Crippen molar-refractivity contribution in [1.82, 2.24) is 24.7 Å². The molecular formula is C27H36FN5O. The maximum Gasteiger partial charge on any atom is 0.257 e. The van der Waals surface area contributed by atoms with E-state index in [1.54, 1.807) is 12.1 Å². The third-order valence-electron chi connectivity index (χ3n) is 8.56. The Morgan fingerprint density at radius 2 is 1.79 bits per heavy atom. The number of fused-ring (bicyclic) bond motifs is 1. The molecule has 2 aromatic rings. The molecule has 3 heterocycles. The molecule has 0 saturated carbocycles. The van der Waals surface area contributed by atoms with E-state index in [0.717, 1.165) is 69.8 Å². The van der Waals surface area contributed by atoms with Crippen LogP contribution in [0.2, 0.25) is 0 Å². The molecule has 6 nitrogen and oxygen atoms in total. The Morgan fingerprint density at radius 3 is 2.47 bits per heavy atom. The van der Waals surface area contributed by atoms with Gasteiger partial charge in [-0.3, -0.25) is 14.6 Å². The van der Waals surface area contributed by atoms with Crippen LogP contribution in [-0.4, -0.2) is 74.9 Å². The van der Waals surface area contributed by atoms with Crippen LogP contribution < -0.4 is 0 Å². The summed E-state index contributed by atoms with van der Waals surface area (Å²) in [5, 5.41) is 0. The standard InChI is InChI=1S/C27H36FN5O/c1-18-16-32(13-14-33(18)24-8-6-21-5-7-22(28)15-23(21)24)27(4)9-11-31(12-10-27)26(34)25-19(2)29-17-30-20(25)3/h5,7,15,17-18,24H,6,8-14,16H2,1-4H3. The van der Waals surface area contributed by atoms with Gasteiger partial charge in [-0.15, -0.1) is 0 Å². The van der Waals surface area contributed by atoms with E-state index in [0.29, 0.717) is 17.6 Å². The van der Waals surface area contributed by atoms with Crippen LogP contribution >= 0.6 is 0 Å². The third-order valence-corrected chi connectivity index (χ3v) is 8.56. The number of hydrogen-bond acceptors (Lipinski definition) is 5. The zero-order valence-corrected chi connectivity index (χ0v) is 20.9. The first kappa shape index (κ1) is 23.4. The normalized spacial score (nSPS) is 25.4. The zero-order valence-electron chi connectivity index (χ0n) is 20.9. The van der Waals surface area contributed by atoms with E-state index in [-0.39, 0.29) is 17.3 Å². The van der Waals surface area contributed by atoms with Crippen LogP contribution in [0.15, 0.2) is 24.5 Å². The molecule has 0 bridgehead atoms. The highest BCUT2D eigenvalue weighted by Crippen LogP contribution is 2.39. The van der Waals surface area contributed by atoms with Gasteiger partial charge in [0.05, 0.1) is 17.0 Å². The Labute approximate surface area is 202 Å². The molecule has 182 valence electrons. The quantitative estimate of drug-likeness (QED) is 0.688. The number of carbonyl (C=O) groups is 1. The van der Waals surface area contributed by atoms with Crippen molar-refractivity contribution < 1.29 is 9.18 Å². The van der Waals surface area contributed by atoms with E-state index in [2.05, 4.69) is 33.6 Å². The van der Waals surface area contributed by atoms with Gasteiger partial charge in [-0.05, 0) is 76.6 Å². The van der Waals surface area contributed by atoms with Crippen LogP contribution in [0.1, 0.15) is 72.0 Å². The van der Waals surface area contributed by atoms with Crippen LogP contribution in [0.3, 0.4) is 0 Å². The first-order valence-corrected chi connectivity index (χ1v) is 12.6. The number of halogens is 1. The van der Waals surface area contributed by atoms with Crippen LogP contribution in [0.4, 0.5) is 4.39 Å². The van der Waals surface area contributed by atoms with Gasteiger partial charge in [-0.1, -0.05) is 6.07 Å². The molecule has 0 N–H and O–H groups in total. The summed E-state index contributed by atoms with van der Waals surface area (Å²) in [6.07, 6.45) is 5.58. The summed E-state index contributed by atoms with van der Waals surface area (Å²) in [7, 11) is 0. The van der Waals surface area contributed by atoms with E-state index in [4.69, 9.17) is 0 Å². The molecule has 2 atom stereocenters. The summed E-state index contributed by atoms with van der Waals surface area (Å²) in [6.45, 7) is 13.0. The molecule has 2 aliphatic heterocycles. The molecule has 2 saturated heterocycles. The maximum absolute atomic E-state index is 13.9. The van der Waals surface area contributed by atoms with E-state index in [1.807, 2.05) is 24.8 Å². The van der Waals surface area contributed by atoms with Gasteiger partial charge in [-0.25, -0.2) is 14.4 Å². The zero-order chi connectivity index (χ0) is 24.0. The first-order chi connectivity index (χ1) is 16.3. The number of rotatable bonds is 3. The summed E-state index contributed by atoms with van der Waals surface area (Å²) in [4.78, 5) is 28.9. The molecule has 7 heteroatoms. The van der Waals surface area contributed by atoms with Crippen LogP contribution in [0, 0.1) is 19.7 Å². The second-order valence-corrected chi connectivity index (χ2v) is 10.6. The number of piperazine rings is 1. The molecule has 34 heavy (non-hydrogen) atoms. The summed E-state index contributed by atoms with van der Waals surface area (Å²) in [6, 6.07) is 6.05. The van der Waals surface area contributed by atoms with Crippen molar-refractivity contribution in [2.75, 3.05) is 32.7 Å². The summed E-state index contributed by atoms with van der Waals surface area (Å²) in [5.41, 5.74) is 4.75. The molecule has 1 aliphatic carbocycles. The highest BCUT2D eigenvalue weighted by Gasteiger charge is 2.42. The number of likely N-dealkylation sites (tertiary alicyclic amines) is 1. The fourth-order valence-electron chi connectivity index (χ4n) is 6.39. The van der Waals surface area contributed by atoms with Crippen LogP contribution in [0.5, 0.6) is 0 Å². The second kappa shape index (κ2) is 9.00. The minimum absolute atomic E-state index is 0.0583. The van der Waals surface area contributed by atoms with Crippen molar-refractivity contribution in [3.8, 4) is 0 Å². The fourth-order valence-corrected chi connectivity index (χ4v) is 6.39. The van der Waals surface area contributed by atoms with Crippen molar-refractivity contribution in [3.63, 3.8) is 0 Å². The van der Waals surface area contributed by atoms with Gasteiger partial charge in [0.25, 0.3) is 5.91 Å². The lowest BCUT2D eigenvalue weighted by molar-refractivity contribution is -0.0298. The van der Waals surface area contributed by atoms with E-state index in [9.17, 15) is 9.18 Å². The Balaban J connectivity index is 1.22. The van der Waals surface area contributed by atoms with Crippen molar-refractivity contribution in [2.45, 2.75) is 71.0 Å². The van der Waals surface area contributed by atoms with Crippen molar-refractivity contribution in [2.24, 2.45) is 0 Å². The molecule has 1 aromatic heterocycles. The first-order valence-electron chi connectivity index (χ1n) is 12.6. The topological polar surface area (TPSA) is 52.6 Å². The van der Waals surface area contributed by atoms with Crippen LogP contribution in [-0.2, 0) is 6.42 Å². The maximum atomic E-state index is 13.9. The molecule has 2 fully saturated rings. The predicted octanol–water partition coefficient (Wildman–Crippen LogP) is 3.92. The van der Waals surface area contributed by atoms with Gasteiger partial charge in [0.2, 0.25) is 0 Å². The highest BCUT2D eigenvalue weighted by molar-refractivity contribution is 5.96. The Kier molecular flexibility index (Phi) is 6.19. The smallest absolute Gasteiger partial charge is 0.257 e. The summed E-state index contributed by atoms with van der Waals surface area (Å²) in [5.74, 6) is -0.0684. The largest absolute Gasteiger partial charge is 0.338 e. The number of nitrogens with zero attached hydrogens (tertiary/aromatic N) is 5. The second-order valence-electron chi connectivity index (χ2n) is 10.6. The third kappa shape index (κ3) is 4.13. The lowest BCUT2D eigenvalue weighted by atomic mass is 9.86. The molecular weight excluding hydrogens is 429 g/mol. The Hall–Kier alpha value is -2.38. The Bertz CT molecular complexity index is 1060. The van der Waals surface area contributed by atoms with E-state index >= 15 is 0 Å². The SMILES string of the molecule is Cc1ncnc(C)c1C(=O)N1CCC(C)(N2CCN(C3CCc4ccc(F)cc43)C(C)C2)CC1. The average molecular weight is 466 g/mol. The van der Waals surface area contributed by atoms with Crippen LogP contribution in [0.25, 0.3) is 0 Å². The lowest BCUT2D eigenvalue weighted by Crippen LogP contribution is -2.62. The van der Waals surface area contributed by atoms with Crippen molar-refractivity contribution >= 4 is 5.91 Å². The van der Waals surface area contributed by atoms with E-state index < -0.39 is 0 Å². The molecule has 3 aliphatic rings. The van der Waals surface area contributed by atoms with Gasteiger partial charge < -0.3 is 4.90 Å². The van der Waals surface area contributed by atoms with Gasteiger partial charge in [0.15, 0.2) is 0 Å². The highest BCUT2D eigenvalue weighted by atomic mass is 19.1. The van der Waals surface area contributed by atoms with Gasteiger partial charge in [0, 0.05) is 50.3 Å². The Morgan fingerprint density at radius 1 is 1.09 bits per heavy atom.